The first-order chi connectivity index (χ1) is 6.88. The smallest absolute Gasteiger partial charge is 0.0949 e. The molecule has 3 nitrogen and oxygen atoms in total. The van der Waals surface area contributed by atoms with Crippen molar-refractivity contribution in [1.29, 1.82) is 0 Å². The number of nitrogens with zero attached hydrogens (tertiary/aromatic N) is 2. The second-order valence-electron chi connectivity index (χ2n) is 4.11. The number of hydrogen-bond donors (Lipinski definition) is 1. The highest BCUT2D eigenvalue weighted by molar-refractivity contribution is 4.95. The Morgan fingerprint density at radius 2 is 2.29 bits per heavy atom. The maximum Gasteiger partial charge on any atom is 0.0949 e. The topological polar surface area (TPSA) is 29.9 Å². The van der Waals surface area contributed by atoms with E-state index in [-0.39, 0.29) is 0 Å². The first-order valence-electron chi connectivity index (χ1n) is 5.60. The average Bonchev–Trinajstić information content (AvgIpc) is 2.67. The Morgan fingerprint density at radius 3 is 2.93 bits per heavy atom. The number of nitrogens with one attached hydrogen (secondary N) is 1. The Hall–Kier alpha value is -0.830. The molecule has 0 saturated carbocycles. The lowest BCUT2D eigenvalue weighted by molar-refractivity contribution is 0.333. The maximum absolute atomic E-state index is 4.35. The zero-order chi connectivity index (χ0) is 9.80. The van der Waals surface area contributed by atoms with Crippen molar-refractivity contribution >= 4 is 0 Å². The van der Waals surface area contributed by atoms with Crippen molar-refractivity contribution in [1.82, 2.24) is 14.9 Å². The quantitative estimate of drug-likeness (QED) is 0.787. The largest absolute Gasteiger partial charge is 0.337 e. The van der Waals surface area contributed by atoms with Gasteiger partial charge in [-0.3, -0.25) is 0 Å². The molecule has 1 N–H and O–H groups in total. The SMILES string of the molecule is CCc1cn(CC2CCNCC2)cn1. The van der Waals surface area contributed by atoms with Crippen molar-refractivity contribution in [3.8, 4) is 0 Å². The molecule has 0 aliphatic carbocycles. The number of rotatable bonds is 3. The molecule has 1 aliphatic heterocycles. The van der Waals surface area contributed by atoms with Gasteiger partial charge < -0.3 is 9.88 Å². The summed E-state index contributed by atoms with van der Waals surface area (Å²) < 4.78 is 2.24. The van der Waals surface area contributed by atoms with E-state index in [1.807, 2.05) is 6.33 Å². The van der Waals surface area contributed by atoms with Crippen LogP contribution in [0.15, 0.2) is 12.5 Å². The Balaban J connectivity index is 1.89. The molecule has 0 aromatic carbocycles. The fraction of sp³-hybridized carbons (Fsp3) is 0.727. The van der Waals surface area contributed by atoms with Crippen LogP contribution >= 0.6 is 0 Å². The normalized spacial score (nSPS) is 18.6. The molecule has 2 heterocycles. The predicted octanol–water partition coefficient (Wildman–Crippen LogP) is 1.45. The van der Waals surface area contributed by atoms with E-state index in [9.17, 15) is 0 Å². The van der Waals surface area contributed by atoms with E-state index in [1.54, 1.807) is 0 Å². The highest BCUT2D eigenvalue weighted by Gasteiger charge is 2.13. The number of aromatic nitrogens is 2. The van der Waals surface area contributed by atoms with Gasteiger partial charge in [-0.2, -0.15) is 0 Å². The molecule has 0 bridgehead atoms. The lowest BCUT2D eigenvalue weighted by atomic mass is 9.98. The molecular weight excluding hydrogens is 174 g/mol. The van der Waals surface area contributed by atoms with Gasteiger partial charge in [-0.15, -0.1) is 0 Å². The van der Waals surface area contributed by atoms with E-state index in [2.05, 4.69) is 28.0 Å². The number of piperidine rings is 1. The molecule has 1 saturated heterocycles. The van der Waals surface area contributed by atoms with Crippen LogP contribution in [0, 0.1) is 5.92 Å². The molecule has 2 rings (SSSR count). The summed E-state index contributed by atoms with van der Waals surface area (Å²) in [7, 11) is 0. The van der Waals surface area contributed by atoms with Gasteiger partial charge in [0.05, 0.1) is 12.0 Å². The monoisotopic (exact) mass is 193 g/mol. The van der Waals surface area contributed by atoms with Gasteiger partial charge in [0.15, 0.2) is 0 Å². The standard InChI is InChI=1S/C11H19N3/c1-2-11-8-14(9-13-11)7-10-3-5-12-6-4-10/h8-10,12H,2-7H2,1H3. The van der Waals surface area contributed by atoms with Crippen molar-refractivity contribution in [2.75, 3.05) is 13.1 Å². The van der Waals surface area contributed by atoms with E-state index in [1.165, 1.54) is 31.6 Å². The third kappa shape index (κ3) is 2.35. The lowest BCUT2D eigenvalue weighted by Gasteiger charge is -2.22. The second-order valence-corrected chi connectivity index (χ2v) is 4.11. The van der Waals surface area contributed by atoms with Gasteiger partial charge >= 0.3 is 0 Å². The van der Waals surface area contributed by atoms with E-state index in [4.69, 9.17) is 0 Å². The number of aryl methyl sites for hydroxylation is 1. The van der Waals surface area contributed by atoms with Crippen LogP contribution in [0.2, 0.25) is 0 Å². The molecule has 0 radical (unpaired) electrons. The molecule has 1 aliphatic rings. The van der Waals surface area contributed by atoms with Crippen LogP contribution < -0.4 is 5.32 Å². The molecule has 1 aromatic rings. The molecule has 0 atom stereocenters. The van der Waals surface area contributed by atoms with Gasteiger partial charge in [0.1, 0.15) is 0 Å². The van der Waals surface area contributed by atoms with Crippen molar-refractivity contribution in [2.45, 2.75) is 32.7 Å². The Kier molecular flexibility index (Phi) is 3.19. The third-order valence-electron chi connectivity index (χ3n) is 2.98. The van der Waals surface area contributed by atoms with Crippen molar-refractivity contribution in [3.63, 3.8) is 0 Å². The van der Waals surface area contributed by atoms with Crippen molar-refractivity contribution in [3.05, 3.63) is 18.2 Å². The third-order valence-corrected chi connectivity index (χ3v) is 2.98. The summed E-state index contributed by atoms with van der Waals surface area (Å²) in [5, 5.41) is 3.39. The van der Waals surface area contributed by atoms with Crippen LogP contribution in [0.4, 0.5) is 0 Å². The van der Waals surface area contributed by atoms with Gasteiger partial charge in [-0.1, -0.05) is 6.92 Å². The second kappa shape index (κ2) is 4.60. The van der Waals surface area contributed by atoms with Crippen LogP contribution in [0.3, 0.4) is 0 Å². The van der Waals surface area contributed by atoms with Crippen LogP contribution in [-0.2, 0) is 13.0 Å². The van der Waals surface area contributed by atoms with Crippen molar-refractivity contribution < 1.29 is 0 Å². The fourth-order valence-electron chi connectivity index (χ4n) is 2.05. The summed E-state index contributed by atoms with van der Waals surface area (Å²) in [6.45, 7) is 5.66. The first kappa shape index (κ1) is 9.71. The maximum atomic E-state index is 4.35. The zero-order valence-electron chi connectivity index (χ0n) is 8.87. The molecule has 0 spiro atoms. The number of imidazole rings is 1. The predicted molar refractivity (Wildman–Crippen MR) is 57.2 cm³/mol. The summed E-state index contributed by atoms with van der Waals surface area (Å²) in [4.78, 5) is 4.35. The number of hydrogen-bond acceptors (Lipinski definition) is 2. The van der Waals surface area contributed by atoms with E-state index in [0.29, 0.717) is 0 Å². The molecule has 1 aromatic heterocycles. The Morgan fingerprint density at radius 1 is 1.50 bits per heavy atom. The lowest BCUT2D eigenvalue weighted by Crippen LogP contribution is -2.29. The van der Waals surface area contributed by atoms with Crippen LogP contribution in [0.25, 0.3) is 0 Å². The molecule has 14 heavy (non-hydrogen) atoms. The van der Waals surface area contributed by atoms with Gasteiger partial charge in [0.2, 0.25) is 0 Å². The summed E-state index contributed by atoms with van der Waals surface area (Å²) in [6.07, 6.45) is 7.81. The van der Waals surface area contributed by atoms with Crippen LogP contribution in [0.1, 0.15) is 25.5 Å². The molecule has 1 fully saturated rings. The van der Waals surface area contributed by atoms with E-state index < -0.39 is 0 Å². The van der Waals surface area contributed by atoms with Gasteiger partial charge in [0.25, 0.3) is 0 Å². The minimum absolute atomic E-state index is 0.843. The van der Waals surface area contributed by atoms with E-state index in [0.717, 1.165) is 18.9 Å². The van der Waals surface area contributed by atoms with E-state index >= 15 is 0 Å². The zero-order valence-corrected chi connectivity index (χ0v) is 8.87. The van der Waals surface area contributed by atoms with Gasteiger partial charge in [-0.25, -0.2) is 4.98 Å². The molecule has 0 unspecified atom stereocenters. The summed E-state index contributed by atoms with van der Waals surface area (Å²) >= 11 is 0. The minimum atomic E-state index is 0.843. The molecule has 78 valence electrons. The van der Waals surface area contributed by atoms with Crippen LogP contribution in [0.5, 0.6) is 0 Å². The average molecular weight is 193 g/mol. The summed E-state index contributed by atoms with van der Waals surface area (Å²) in [5.41, 5.74) is 1.21. The first-order valence-corrected chi connectivity index (χ1v) is 5.60. The molecule has 0 amide bonds. The van der Waals surface area contributed by atoms with Crippen LogP contribution in [-0.4, -0.2) is 22.6 Å². The molecular formula is C11H19N3. The molecule has 3 heteroatoms. The Bertz CT molecular complexity index is 274. The van der Waals surface area contributed by atoms with Gasteiger partial charge in [-0.05, 0) is 38.3 Å². The highest BCUT2D eigenvalue weighted by atomic mass is 15.0. The Labute approximate surface area is 85.5 Å². The summed E-state index contributed by atoms with van der Waals surface area (Å²) in [5.74, 6) is 0.843. The minimum Gasteiger partial charge on any atom is -0.337 e. The summed E-state index contributed by atoms with van der Waals surface area (Å²) in [6, 6.07) is 0. The highest BCUT2D eigenvalue weighted by Crippen LogP contribution is 2.14. The fourth-order valence-corrected chi connectivity index (χ4v) is 2.05. The van der Waals surface area contributed by atoms with Crippen molar-refractivity contribution in [2.24, 2.45) is 5.92 Å². The van der Waals surface area contributed by atoms with Gasteiger partial charge in [0, 0.05) is 12.7 Å².